The van der Waals surface area contributed by atoms with E-state index in [4.69, 9.17) is 9.26 Å². The van der Waals surface area contributed by atoms with Crippen molar-refractivity contribution in [2.75, 3.05) is 6.54 Å². The van der Waals surface area contributed by atoms with Crippen molar-refractivity contribution in [2.24, 2.45) is 0 Å². The molecule has 110 valence electrons. The smallest absolute Gasteiger partial charge is 0.410 e. The second-order valence-electron chi connectivity index (χ2n) is 5.26. The Morgan fingerprint density at radius 2 is 2.24 bits per heavy atom. The molecular weight excluding hydrogens is 268 g/mol. The van der Waals surface area contributed by atoms with Crippen molar-refractivity contribution >= 4 is 6.09 Å². The lowest BCUT2D eigenvalue weighted by atomic mass is 10.1. The molecule has 1 saturated heterocycles. The lowest BCUT2D eigenvalue weighted by molar-refractivity contribution is 0.0875. The molecule has 0 radical (unpaired) electrons. The molecule has 2 aromatic rings. The van der Waals surface area contributed by atoms with Crippen molar-refractivity contribution in [1.29, 1.82) is 0 Å². The van der Waals surface area contributed by atoms with Gasteiger partial charge in [-0.1, -0.05) is 35.5 Å². The summed E-state index contributed by atoms with van der Waals surface area (Å²) in [5.74, 6) is 0.738. The molecule has 0 saturated carbocycles. The van der Waals surface area contributed by atoms with Crippen molar-refractivity contribution in [3.63, 3.8) is 0 Å². The monoisotopic (exact) mass is 286 g/mol. The maximum atomic E-state index is 12.3. The number of benzene rings is 1. The van der Waals surface area contributed by atoms with Gasteiger partial charge in [-0.05, 0) is 25.3 Å². The highest BCUT2D eigenvalue weighted by molar-refractivity contribution is 5.68. The van der Waals surface area contributed by atoms with Gasteiger partial charge in [0.2, 0.25) is 0 Å². The first-order valence-corrected chi connectivity index (χ1v) is 7.14. The molecule has 0 N–H and O–H groups in total. The zero-order valence-corrected chi connectivity index (χ0v) is 12.0. The summed E-state index contributed by atoms with van der Waals surface area (Å²) in [6, 6.07) is 11.5. The van der Waals surface area contributed by atoms with Crippen molar-refractivity contribution in [3.8, 4) is 0 Å². The van der Waals surface area contributed by atoms with Gasteiger partial charge in [0.15, 0.2) is 5.76 Å². The number of rotatable bonds is 3. The number of aryl methyl sites for hydroxylation is 1. The molecule has 1 aromatic carbocycles. The SMILES string of the molecule is Cc1cc([C@@H]2CCCN2C(=O)OCc2ccccc2)on1. The molecular formula is C16H18N2O3. The third kappa shape index (κ3) is 3.07. The van der Waals surface area contributed by atoms with Gasteiger partial charge in [-0.25, -0.2) is 4.79 Å². The molecule has 1 fully saturated rings. The summed E-state index contributed by atoms with van der Waals surface area (Å²) in [7, 11) is 0. The minimum Gasteiger partial charge on any atom is -0.445 e. The number of carbonyl (C=O) groups is 1. The highest BCUT2D eigenvalue weighted by Gasteiger charge is 2.33. The summed E-state index contributed by atoms with van der Waals surface area (Å²) in [4.78, 5) is 14.0. The van der Waals surface area contributed by atoms with Crippen LogP contribution in [0.4, 0.5) is 4.79 Å². The molecule has 3 rings (SSSR count). The van der Waals surface area contributed by atoms with Crippen molar-refractivity contribution in [3.05, 3.63) is 53.4 Å². The fourth-order valence-corrected chi connectivity index (χ4v) is 2.62. The third-order valence-electron chi connectivity index (χ3n) is 3.67. The Kier molecular flexibility index (Phi) is 3.90. The van der Waals surface area contributed by atoms with Gasteiger partial charge in [-0.15, -0.1) is 0 Å². The molecule has 21 heavy (non-hydrogen) atoms. The van der Waals surface area contributed by atoms with Crippen LogP contribution in [0.3, 0.4) is 0 Å². The highest BCUT2D eigenvalue weighted by atomic mass is 16.6. The minimum absolute atomic E-state index is 0.0607. The second-order valence-corrected chi connectivity index (χ2v) is 5.26. The number of likely N-dealkylation sites (tertiary alicyclic amines) is 1. The van der Waals surface area contributed by atoms with Crippen LogP contribution in [0.1, 0.15) is 35.9 Å². The summed E-state index contributed by atoms with van der Waals surface area (Å²) < 4.78 is 10.7. The summed E-state index contributed by atoms with van der Waals surface area (Å²) in [5, 5.41) is 3.89. The third-order valence-corrected chi connectivity index (χ3v) is 3.67. The average Bonchev–Trinajstić information content (AvgIpc) is 3.14. The quantitative estimate of drug-likeness (QED) is 0.867. The Labute approximate surface area is 123 Å². The van der Waals surface area contributed by atoms with Gasteiger partial charge in [0.05, 0.1) is 11.7 Å². The fourth-order valence-electron chi connectivity index (χ4n) is 2.62. The first-order valence-electron chi connectivity index (χ1n) is 7.14. The van der Waals surface area contributed by atoms with Crippen LogP contribution in [0.25, 0.3) is 0 Å². The first-order chi connectivity index (χ1) is 10.2. The molecule has 1 aliphatic heterocycles. The van der Waals surface area contributed by atoms with Crippen LogP contribution in [-0.2, 0) is 11.3 Å². The number of hydrogen-bond donors (Lipinski definition) is 0. The Morgan fingerprint density at radius 3 is 2.95 bits per heavy atom. The van der Waals surface area contributed by atoms with Gasteiger partial charge in [-0.3, -0.25) is 4.90 Å². The van der Waals surface area contributed by atoms with Crippen molar-refractivity contribution in [1.82, 2.24) is 10.1 Å². The van der Waals surface area contributed by atoms with Crippen LogP contribution in [-0.4, -0.2) is 22.7 Å². The molecule has 5 nitrogen and oxygen atoms in total. The normalized spacial score (nSPS) is 18.0. The maximum absolute atomic E-state index is 12.3. The largest absolute Gasteiger partial charge is 0.445 e. The van der Waals surface area contributed by atoms with E-state index in [0.29, 0.717) is 13.2 Å². The molecule has 5 heteroatoms. The second kappa shape index (κ2) is 5.99. The molecule has 1 atom stereocenters. The van der Waals surface area contributed by atoms with Gasteiger partial charge in [0, 0.05) is 12.6 Å². The Hall–Kier alpha value is -2.30. The zero-order valence-electron chi connectivity index (χ0n) is 12.0. The van der Waals surface area contributed by atoms with E-state index in [-0.39, 0.29) is 12.1 Å². The van der Waals surface area contributed by atoms with E-state index in [1.165, 1.54) is 0 Å². The number of nitrogens with zero attached hydrogens (tertiary/aromatic N) is 2. The van der Waals surface area contributed by atoms with Gasteiger partial charge < -0.3 is 9.26 Å². The number of carbonyl (C=O) groups excluding carboxylic acids is 1. The van der Waals surface area contributed by atoms with Gasteiger partial charge in [-0.2, -0.15) is 0 Å². The molecule has 0 bridgehead atoms. The Morgan fingerprint density at radius 1 is 1.43 bits per heavy atom. The van der Waals surface area contributed by atoms with Gasteiger partial charge in [0.1, 0.15) is 6.61 Å². The number of ether oxygens (including phenoxy) is 1. The molecule has 1 aliphatic rings. The topological polar surface area (TPSA) is 55.6 Å². The molecule has 2 heterocycles. The Balaban J connectivity index is 1.63. The molecule has 0 spiro atoms. The van der Waals surface area contributed by atoms with Crippen molar-refractivity contribution in [2.45, 2.75) is 32.4 Å². The average molecular weight is 286 g/mol. The zero-order chi connectivity index (χ0) is 14.7. The van der Waals surface area contributed by atoms with E-state index in [0.717, 1.165) is 29.9 Å². The molecule has 1 amide bonds. The highest BCUT2D eigenvalue weighted by Crippen LogP contribution is 2.32. The van der Waals surface area contributed by atoms with E-state index < -0.39 is 0 Å². The summed E-state index contributed by atoms with van der Waals surface area (Å²) in [5.41, 5.74) is 1.81. The van der Waals surface area contributed by atoms with E-state index in [9.17, 15) is 4.79 Å². The minimum atomic E-state index is -0.296. The summed E-state index contributed by atoms with van der Waals surface area (Å²) in [6.45, 7) is 2.86. The standard InChI is InChI=1S/C16H18N2O3/c1-12-10-15(21-17-12)14-8-5-9-18(14)16(19)20-11-13-6-3-2-4-7-13/h2-4,6-7,10,14H,5,8-9,11H2,1H3/t14-/m0/s1. The lowest BCUT2D eigenvalue weighted by Crippen LogP contribution is -2.30. The molecule has 1 aromatic heterocycles. The van der Waals surface area contributed by atoms with Gasteiger partial charge in [0.25, 0.3) is 0 Å². The maximum Gasteiger partial charge on any atom is 0.410 e. The van der Waals surface area contributed by atoms with Crippen LogP contribution in [0.15, 0.2) is 40.9 Å². The van der Waals surface area contributed by atoms with Gasteiger partial charge >= 0.3 is 6.09 Å². The van der Waals surface area contributed by atoms with Crippen molar-refractivity contribution < 1.29 is 14.1 Å². The van der Waals surface area contributed by atoms with E-state index in [2.05, 4.69) is 5.16 Å². The summed E-state index contributed by atoms with van der Waals surface area (Å²) >= 11 is 0. The van der Waals surface area contributed by atoms with Crippen LogP contribution in [0, 0.1) is 6.92 Å². The van der Waals surface area contributed by atoms with Crippen LogP contribution >= 0.6 is 0 Å². The van der Waals surface area contributed by atoms with Crippen LogP contribution < -0.4 is 0 Å². The van der Waals surface area contributed by atoms with E-state index in [1.54, 1.807) is 4.90 Å². The van der Waals surface area contributed by atoms with Crippen LogP contribution in [0.2, 0.25) is 0 Å². The number of aromatic nitrogens is 1. The van der Waals surface area contributed by atoms with E-state index >= 15 is 0 Å². The predicted octanol–water partition coefficient (Wildman–Crippen LogP) is 3.46. The molecule has 0 unspecified atom stereocenters. The fraction of sp³-hybridized carbons (Fsp3) is 0.375. The summed E-state index contributed by atoms with van der Waals surface area (Å²) in [6.07, 6.45) is 1.54. The molecule has 0 aliphatic carbocycles. The van der Waals surface area contributed by atoms with Crippen LogP contribution in [0.5, 0.6) is 0 Å². The number of amides is 1. The Bertz CT molecular complexity index is 609. The first kappa shape index (κ1) is 13.7. The lowest BCUT2D eigenvalue weighted by Gasteiger charge is -2.21. The predicted molar refractivity (Wildman–Crippen MR) is 76.5 cm³/mol. The van der Waals surface area contributed by atoms with E-state index in [1.807, 2.05) is 43.3 Å². The number of hydrogen-bond acceptors (Lipinski definition) is 4.